The van der Waals surface area contributed by atoms with Gasteiger partial charge in [-0.3, -0.25) is 19.3 Å². The Hall–Kier alpha value is -2.42. The van der Waals surface area contributed by atoms with Gasteiger partial charge in [0.1, 0.15) is 11.6 Å². The van der Waals surface area contributed by atoms with Crippen LogP contribution >= 0.6 is 0 Å². The summed E-state index contributed by atoms with van der Waals surface area (Å²) in [6.07, 6.45) is 1.62. The van der Waals surface area contributed by atoms with Gasteiger partial charge in [0, 0.05) is 26.5 Å². The van der Waals surface area contributed by atoms with Crippen molar-refractivity contribution in [1.29, 1.82) is 0 Å². The van der Waals surface area contributed by atoms with Crippen molar-refractivity contribution in [3.05, 3.63) is 11.6 Å². The quantitative estimate of drug-likeness (QED) is 0.278. The second kappa shape index (κ2) is 15.9. The van der Waals surface area contributed by atoms with Crippen molar-refractivity contribution in [2.24, 2.45) is 23.7 Å². The van der Waals surface area contributed by atoms with Crippen LogP contribution in [0, 0.1) is 23.7 Å². The van der Waals surface area contributed by atoms with Gasteiger partial charge in [0.25, 0.3) is 0 Å². The first-order chi connectivity index (χ1) is 17.4. The first-order valence-corrected chi connectivity index (χ1v) is 13.6. The molecular weight excluding hydrogens is 488 g/mol. The zero-order valence-electron chi connectivity index (χ0n) is 25.6. The van der Waals surface area contributed by atoms with E-state index in [0.717, 1.165) is 12.0 Å². The van der Waals surface area contributed by atoms with Gasteiger partial charge in [-0.1, -0.05) is 59.6 Å². The molecule has 0 aromatic rings. The number of rotatable bonds is 15. The van der Waals surface area contributed by atoms with Crippen LogP contribution in [0.2, 0.25) is 0 Å². The summed E-state index contributed by atoms with van der Waals surface area (Å²) < 4.78 is 10.9. The molecule has 0 heterocycles. The molecule has 0 aromatic carbocycles. The number of allylic oxidation sites excluding steroid dienone is 1. The van der Waals surface area contributed by atoms with Crippen LogP contribution in [0.15, 0.2) is 11.6 Å². The summed E-state index contributed by atoms with van der Waals surface area (Å²) in [7, 11) is 3.02. The van der Waals surface area contributed by atoms with Gasteiger partial charge in [-0.05, 0) is 45.4 Å². The zero-order chi connectivity index (χ0) is 30.0. The van der Waals surface area contributed by atoms with Crippen LogP contribution in [0.5, 0.6) is 0 Å². The van der Waals surface area contributed by atoms with Crippen molar-refractivity contribution in [1.82, 2.24) is 10.2 Å². The molecule has 0 aliphatic carbocycles. The summed E-state index contributed by atoms with van der Waals surface area (Å²) in [5.74, 6) is -1.92. The number of aliphatic carboxylic acids is 1. The van der Waals surface area contributed by atoms with E-state index in [-0.39, 0.29) is 42.3 Å². The maximum Gasteiger partial charge on any atom is 0.410 e. The zero-order valence-corrected chi connectivity index (χ0v) is 25.6. The number of carboxylic acids is 1. The minimum atomic E-state index is -0.939. The minimum Gasteiger partial charge on any atom is -0.481 e. The molecule has 0 rings (SSSR count). The number of hydrogen-bond donors (Lipinski definition) is 2. The molecule has 0 spiro atoms. The van der Waals surface area contributed by atoms with Crippen LogP contribution in [0.1, 0.15) is 88.5 Å². The molecule has 5 atom stereocenters. The Morgan fingerprint density at radius 3 is 1.97 bits per heavy atom. The summed E-state index contributed by atoms with van der Waals surface area (Å²) in [5.41, 5.74) is 0.0854. The summed E-state index contributed by atoms with van der Waals surface area (Å²) in [4.78, 5) is 52.0. The lowest BCUT2D eigenvalue weighted by Gasteiger charge is -2.33. The van der Waals surface area contributed by atoms with E-state index >= 15 is 0 Å². The third kappa shape index (κ3) is 12.0. The monoisotopic (exact) mass is 540 g/mol. The first kappa shape index (κ1) is 35.6. The van der Waals surface area contributed by atoms with E-state index in [2.05, 4.69) is 5.32 Å². The maximum atomic E-state index is 13.4. The van der Waals surface area contributed by atoms with E-state index < -0.39 is 41.8 Å². The van der Waals surface area contributed by atoms with Gasteiger partial charge in [-0.15, -0.1) is 0 Å². The highest BCUT2D eigenvalue weighted by Crippen LogP contribution is 2.27. The Labute approximate surface area is 229 Å². The number of nitrogens with zero attached hydrogens (tertiary/aromatic N) is 1. The van der Waals surface area contributed by atoms with Crippen LogP contribution in [0.3, 0.4) is 0 Å². The topological polar surface area (TPSA) is 122 Å². The van der Waals surface area contributed by atoms with E-state index in [1.807, 2.05) is 54.5 Å². The molecule has 2 amide bonds. The second-order valence-corrected chi connectivity index (χ2v) is 12.0. The fourth-order valence-electron chi connectivity index (χ4n) is 4.46. The van der Waals surface area contributed by atoms with Crippen LogP contribution in [0.4, 0.5) is 4.79 Å². The lowest BCUT2D eigenvalue weighted by atomic mass is 9.83. The number of carbonyl (C=O) groups is 4. The minimum absolute atomic E-state index is 0.105. The van der Waals surface area contributed by atoms with Crippen LogP contribution in [-0.2, 0) is 23.9 Å². The molecule has 9 nitrogen and oxygen atoms in total. The molecule has 2 N–H and O–H groups in total. The summed E-state index contributed by atoms with van der Waals surface area (Å²) >= 11 is 0. The number of carbonyl (C=O) groups excluding carboxylic acids is 3. The Kier molecular flexibility index (Phi) is 14.9. The van der Waals surface area contributed by atoms with Gasteiger partial charge in [0.05, 0.1) is 18.6 Å². The van der Waals surface area contributed by atoms with Gasteiger partial charge < -0.3 is 19.9 Å². The van der Waals surface area contributed by atoms with Crippen molar-refractivity contribution >= 4 is 23.8 Å². The molecule has 0 fully saturated rings. The summed E-state index contributed by atoms with van der Waals surface area (Å²) in [5, 5.41) is 12.2. The molecular formula is C29H52N2O7. The molecule has 0 bridgehead atoms. The molecule has 0 aliphatic rings. The Morgan fingerprint density at radius 2 is 1.58 bits per heavy atom. The number of methoxy groups -OCH3 is 1. The molecule has 38 heavy (non-hydrogen) atoms. The van der Waals surface area contributed by atoms with Crippen molar-refractivity contribution in [2.75, 3.05) is 14.2 Å². The highest BCUT2D eigenvalue weighted by Gasteiger charge is 2.35. The number of carboxylic acid groups (broad SMARTS) is 1. The summed E-state index contributed by atoms with van der Waals surface area (Å²) in [6, 6.07) is -1.57. The number of nitrogens with one attached hydrogen (secondary N) is 1. The number of hydrogen-bond acceptors (Lipinski definition) is 6. The first-order valence-electron chi connectivity index (χ1n) is 13.6. The van der Waals surface area contributed by atoms with Crippen molar-refractivity contribution in [3.63, 3.8) is 0 Å². The van der Waals surface area contributed by atoms with Gasteiger partial charge >= 0.3 is 12.1 Å². The Bertz CT molecular complexity index is 829. The van der Waals surface area contributed by atoms with Gasteiger partial charge in [0.2, 0.25) is 5.91 Å². The van der Waals surface area contributed by atoms with Crippen LogP contribution in [0.25, 0.3) is 0 Å². The van der Waals surface area contributed by atoms with Crippen LogP contribution in [-0.4, -0.2) is 71.7 Å². The van der Waals surface area contributed by atoms with E-state index in [4.69, 9.17) is 9.47 Å². The molecule has 0 aromatic heterocycles. The largest absolute Gasteiger partial charge is 0.481 e. The number of ether oxygens (including phenoxy) is 2. The van der Waals surface area contributed by atoms with E-state index in [9.17, 15) is 24.3 Å². The number of likely N-dealkylation sites (N-methyl/N-ethyl adjacent to an activating group) is 1. The number of amides is 2. The average molecular weight is 541 g/mol. The van der Waals surface area contributed by atoms with Crippen LogP contribution < -0.4 is 5.32 Å². The van der Waals surface area contributed by atoms with Gasteiger partial charge in [0.15, 0.2) is 5.78 Å². The number of Topliss-reactive ketones (excluding diaryl/α,β-unsaturated/α-hetero) is 1. The highest BCUT2D eigenvalue weighted by molar-refractivity contribution is 5.93. The lowest BCUT2D eigenvalue weighted by Crippen LogP contribution is -2.55. The average Bonchev–Trinajstić information content (AvgIpc) is 2.77. The summed E-state index contributed by atoms with van der Waals surface area (Å²) in [6.45, 7) is 18.6. The van der Waals surface area contributed by atoms with E-state index in [1.54, 1.807) is 20.8 Å². The van der Waals surface area contributed by atoms with Gasteiger partial charge in [-0.25, -0.2) is 4.79 Å². The molecule has 0 radical (unpaired) electrons. The third-order valence-electron chi connectivity index (χ3n) is 6.65. The molecule has 0 aliphatic heterocycles. The lowest BCUT2D eigenvalue weighted by molar-refractivity contribution is -0.140. The second-order valence-electron chi connectivity index (χ2n) is 12.0. The smallest absolute Gasteiger partial charge is 0.410 e. The molecule has 0 saturated heterocycles. The number of ketones is 1. The van der Waals surface area contributed by atoms with E-state index in [1.165, 1.54) is 19.1 Å². The van der Waals surface area contributed by atoms with E-state index in [0.29, 0.717) is 0 Å². The Morgan fingerprint density at radius 1 is 1.03 bits per heavy atom. The normalized spacial score (nSPS) is 16.4. The SMILES string of the molecule is CC[C@H](C)[C@H](/C=C(\C)CC(=O)[C@@H](NC(=O)[C@H](C(C)C)N(C)C(=O)OC(C)(C)C)C(C)C)[C@@H](CC(=O)O)OC. The fourth-order valence-corrected chi connectivity index (χ4v) is 4.46. The van der Waals surface area contributed by atoms with Gasteiger partial charge in [-0.2, -0.15) is 0 Å². The fraction of sp³-hybridized carbons (Fsp3) is 0.793. The third-order valence-corrected chi connectivity index (χ3v) is 6.65. The molecule has 9 heteroatoms. The highest BCUT2D eigenvalue weighted by atomic mass is 16.6. The standard InChI is InChI=1S/C29H52N2O7/c1-13-20(7)21(23(37-12)16-24(33)34)14-19(6)15-22(32)25(17(2)3)30-27(35)26(18(4)5)31(11)28(36)38-29(8,9)10/h14,17-18,20-21,23,25-26H,13,15-16H2,1-12H3,(H,30,35)(H,33,34)/b19-14+/t20-,21-,23+,25-,26-/m0/s1. The predicted molar refractivity (Wildman–Crippen MR) is 149 cm³/mol. The molecule has 0 saturated carbocycles. The maximum absolute atomic E-state index is 13.4. The molecule has 220 valence electrons. The molecule has 0 unspecified atom stereocenters. The van der Waals surface area contributed by atoms with Crippen molar-refractivity contribution < 1.29 is 33.8 Å². The van der Waals surface area contributed by atoms with Crippen molar-refractivity contribution in [3.8, 4) is 0 Å². The predicted octanol–water partition coefficient (Wildman–Crippen LogP) is 5.08. The van der Waals surface area contributed by atoms with Crippen molar-refractivity contribution in [2.45, 2.75) is 112 Å². The Balaban J connectivity index is 5.81.